The highest BCUT2D eigenvalue weighted by Crippen LogP contribution is 2.19. The molecule has 0 aliphatic heterocycles. The van der Waals surface area contributed by atoms with Crippen LogP contribution in [-0.4, -0.2) is 29.7 Å². The van der Waals surface area contributed by atoms with E-state index in [2.05, 4.69) is 25.7 Å². The number of halogens is 1. The SMILES string of the molecule is COC(=O)c1cc(Br)c(=O)n(-c2cccnc2OC)c1. The second-order valence-electron chi connectivity index (χ2n) is 3.78. The summed E-state index contributed by atoms with van der Waals surface area (Å²) in [5, 5.41) is 0. The van der Waals surface area contributed by atoms with Crippen molar-refractivity contribution in [3.05, 3.63) is 51.0 Å². The van der Waals surface area contributed by atoms with Gasteiger partial charge in [-0.05, 0) is 34.1 Å². The Morgan fingerprint density at radius 3 is 2.80 bits per heavy atom. The molecule has 0 unspecified atom stereocenters. The number of hydrogen-bond donors (Lipinski definition) is 0. The molecule has 2 aromatic rings. The Morgan fingerprint density at radius 2 is 2.15 bits per heavy atom. The Balaban J connectivity index is 2.70. The minimum absolute atomic E-state index is 0.241. The van der Waals surface area contributed by atoms with Crippen molar-refractivity contribution in [2.75, 3.05) is 14.2 Å². The summed E-state index contributed by atoms with van der Waals surface area (Å²) in [6, 6.07) is 4.75. The molecular formula is C13H11BrN2O4. The van der Waals surface area contributed by atoms with E-state index in [1.165, 1.54) is 31.0 Å². The molecule has 0 radical (unpaired) electrons. The Morgan fingerprint density at radius 1 is 1.40 bits per heavy atom. The van der Waals surface area contributed by atoms with Crippen LogP contribution in [0.1, 0.15) is 10.4 Å². The molecule has 0 saturated carbocycles. The highest BCUT2D eigenvalue weighted by Gasteiger charge is 2.14. The number of carbonyl (C=O) groups excluding carboxylic acids is 1. The van der Waals surface area contributed by atoms with E-state index < -0.39 is 5.97 Å². The first-order chi connectivity index (χ1) is 9.58. The van der Waals surface area contributed by atoms with E-state index in [1.54, 1.807) is 18.3 Å². The normalized spacial score (nSPS) is 10.2. The molecule has 2 heterocycles. The number of ether oxygens (including phenoxy) is 2. The van der Waals surface area contributed by atoms with Crippen LogP contribution in [-0.2, 0) is 4.74 Å². The van der Waals surface area contributed by atoms with E-state index in [0.717, 1.165) is 0 Å². The first kappa shape index (κ1) is 14.3. The number of carbonyl (C=O) groups is 1. The van der Waals surface area contributed by atoms with Crippen molar-refractivity contribution < 1.29 is 14.3 Å². The summed E-state index contributed by atoms with van der Waals surface area (Å²) >= 11 is 3.14. The van der Waals surface area contributed by atoms with Crippen LogP contribution in [0.5, 0.6) is 5.88 Å². The lowest BCUT2D eigenvalue weighted by atomic mass is 10.2. The number of esters is 1. The molecule has 0 saturated heterocycles. The standard InChI is InChI=1S/C13H11BrN2O4/c1-19-11-10(4-3-5-15-11)16-7-8(13(18)20-2)6-9(14)12(16)17/h3-7H,1-2H3. The summed E-state index contributed by atoms with van der Waals surface area (Å²) in [5.41, 5.74) is 0.347. The summed E-state index contributed by atoms with van der Waals surface area (Å²) < 4.78 is 11.3. The van der Waals surface area contributed by atoms with Gasteiger partial charge in [-0.3, -0.25) is 9.36 Å². The third-order valence-corrected chi connectivity index (χ3v) is 3.17. The van der Waals surface area contributed by atoms with Gasteiger partial charge >= 0.3 is 5.97 Å². The van der Waals surface area contributed by atoms with Crippen LogP contribution in [0.3, 0.4) is 0 Å². The monoisotopic (exact) mass is 338 g/mol. The van der Waals surface area contributed by atoms with Gasteiger partial charge in [0.05, 0.1) is 24.3 Å². The summed E-state index contributed by atoms with van der Waals surface area (Å²) in [6.45, 7) is 0. The highest BCUT2D eigenvalue weighted by atomic mass is 79.9. The van der Waals surface area contributed by atoms with Crippen LogP contribution in [0.4, 0.5) is 0 Å². The predicted molar refractivity (Wildman–Crippen MR) is 75.4 cm³/mol. The molecule has 2 aromatic heterocycles. The molecule has 0 amide bonds. The maximum atomic E-state index is 12.2. The van der Waals surface area contributed by atoms with Crippen molar-refractivity contribution in [2.24, 2.45) is 0 Å². The number of pyridine rings is 2. The lowest BCUT2D eigenvalue weighted by molar-refractivity contribution is 0.0600. The van der Waals surface area contributed by atoms with Gasteiger partial charge in [-0.1, -0.05) is 0 Å². The van der Waals surface area contributed by atoms with Crippen molar-refractivity contribution >= 4 is 21.9 Å². The molecular weight excluding hydrogens is 328 g/mol. The van der Waals surface area contributed by atoms with E-state index in [1.807, 2.05) is 0 Å². The topological polar surface area (TPSA) is 70.4 Å². The maximum Gasteiger partial charge on any atom is 0.339 e. The molecule has 0 N–H and O–H groups in total. The zero-order valence-corrected chi connectivity index (χ0v) is 12.4. The fourth-order valence-corrected chi connectivity index (χ4v) is 2.12. The van der Waals surface area contributed by atoms with Crippen molar-refractivity contribution in [2.45, 2.75) is 0 Å². The average molecular weight is 339 g/mol. The van der Waals surface area contributed by atoms with Gasteiger partial charge in [0, 0.05) is 12.4 Å². The van der Waals surface area contributed by atoms with Crippen LogP contribution in [0.2, 0.25) is 0 Å². The molecule has 104 valence electrons. The second kappa shape index (κ2) is 5.87. The smallest absolute Gasteiger partial charge is 0.339 e. The largest absolute Gasteiger partial charge is 0.480 e. The fraction of sp³-hybridized carbons (Fsp3) is 0.154. The number of nitrogens with zero attached hydrogens (tertiary/aromatic N) is 2. The molecule has 0 atom stereocenters. The molecule has 0 aromatic carbocycles. The van der Waals surface area contributed by atoms with Crippen LogP contribution in [0, 0.1) is 0 Å². The molecule has 2 rings (SSSR count). The summed E-state index contributed by atoms with van der Waals surface area (Å²) in [4.78, 5) is 27.8. The van der Waals surface area contributed by atoms with Gasteiger partial charge in [-0.2, -0.15) is 0 Å². The van der Waals surface area contributed by atoms with Gasteiger partial charge in [0.25, 0.3) is 5.56 Å². The predicted octanol–water partition coefficient (Wildman–Crippen LogP) is 1.79. The van der Waals surface area contributed by atoms with E-state index in [0.29, 0.717) is 5.69 Å². The van der Waals surface area contributed by atoms with Crippen LogP contribution in [0.15, 0.2) is 39.9 Å². The second-order valence-corrected chi connectivity index (χ2v) is 4.63. The minimum Gasteiger partial charge on any atom is -0.480 e. The molecule has 0 aliphatic rings. The van der Waals surface area contributed by atoms with Gasteiger partial charge < -0.3 is 9.47 Å². The summed E-state index contributed by atoms with van der Waals surface area (Å²) in [5.74, 6) is -0.258. The van der Waals surface area contributed by atoms with Crippen molar-refractivity contribution in [1.82, 2.24) is 9.55 Å². The van der Waals surface area contributed by atoms with Gasteiger partial charge in [0.15, 0.2) is 0 Å². The average Bonchev–Trinajstić information content (AvgIpc) is 2.49. The first-order valence-corrected chi connectivity index (χ1v) is 6.37. The fourth-order valence-electron chi connectivity index (χ4n) is 1.68. The van der Waals surface area contributed by atoms with Crippen LogP contribution >= 0.6 is 15.9 Å². The molecule has 0 spiro atoms. The Kier molecular flexibility index (Phi) is 4.19. The maximum absolute atomic E-state index is 12.2. The van der Waals surface area contributed by atoms with Crippen LogP contribution < -0.4 is 10.3 Å². The van der Waals surface area contributed by atoms with Gasteiger partial charge in [-0.25, -0.2) is 9.78 Å². The first-order valence-electron chi connectivity index (χ1n) is 5.58. The van der Waals surface area contributed by atoms with Crippen LogP contribution in [0.25, 0.3) is 5.69 Å². The third-order valence-electron chi connectivity index (χ3n) is 2.60. The van der Waals surface area contributed by atoms with E-state index >= 15 is 0 Å². The number of aromatic nitrogens is 2. The number of hydrogen-bond acceptors (Lipinski definition) is 5. The van der Waals surface area contributed by atoms with Gasteiger partial charge in [0.1, 0.15) is 5.69 Å². The van der Waals surface area contributed by atoms with Crippen molar-refractivity contribution in [3.63, 3.8) is 0 Å². The third kappa shape index (κ3) is 2.57. The van der Waals surface area contributed by atoms with E-state index in [-0.39, 0.29) is 21.5 Å². The van der Waals surface area contributed by atoms with E-state index in [9.17, 15) is 9.59 Å². The molecule has 0 fully saturated rings. The Labute approximate surface area is 123 Å². The molecule has 6 nitrogen and oxygen atoms in total. The highest BCUT2D eigenvalue weighted by molar-refractivity contribution is 9.10. The Hall–Kier alpha value is -2.15. The lowest BCUT2D eigenvalue weighted by Crippen LogP contribution is -2.21. The van der Waals surface area contributed by atoms with Gasteiger partial charge in [-0.15, -0.1) is 0 Å². The molecule has 7 heteroatoms. The van der Waals surface area contributed by atoms with Crippen molar-refractivity contribution in [1.29, 1.82) is 0 Å². The number of methoxy groups -OCH3 is 2. The van der Waals surface area contributed by atoms with E-state index in [4.69, 9.17) is 4.74 Å². The minimum atomic E-state index is -0.540. The van der Waals surface area contributed by atoms with Gasteiger partial charge in [0.2, 0.25) is 5.88 Å². The number of rotatable bonds is 3. The zero-order chi connectivity index (χ0) is 14.7. The quantitative estimate of drug-likeness (QED) is 0.798. The summed E-state index contributed by atoms with van der Waals surface area (Å²) in [7, 11) is 2.73. The summed E-state index contributed by atoms with van der Waals surface area (Å²) in [6.07, 6.45) is 2.94. The molecule has 0 bridgehead atoms. The van der Waals surface area contributed by atoms with Crippen molar-refractivity contribution in [3.8, 4) is 11.6 Å². The molecule has 20 heavy (non-hydrogen) atoms. The Bertz CT molecular complexity index is 712. The molecule has 0 aliphatic carbocycles. The zero-order valence-electron chi connectivity index (χ0n) is 10.8. The lowest BCUT2D eigenvalue weighted by Gasteiger charge is -2.11.